The molecule has 0 saturated heterocycles. The number of fused-ring (bicyclic) bond motifs is 1. The number of hydrogen-bond donors (Lipinski definition) is 2. The molecule has 2 amide bonds. The predicted octanol–water partition coefficient (Wildman–Crippen LogP) is 0.655. The summed E-state index contributed by atoms with van der Waals surface area (Å²) in [5.41, 5.74) is 0.851. The standard InChI is InChI=1S/C10H9NO3S/c12-4-5-15-7-3-1-2-6-8(7)10(14)11-9(6)13/h1-3,12H,4-5H2,(H,11,13,14). The van der Waals surface area contributed by atoms with Gasteiger partial charge in [0.2, 0.25) is 0 Å². The SMILES string of the molecule is O=C1NC(=O)c2c(SCCO)cccc21. The highest BCUT2D eigenvalue weighted by Gasteiger charge is 2.28. The molecule has 1 heterocycles. The van der Waals surface area contributed by atoms with Crippen LogP contribution in [0.2, 0.25) is 0 Å². The van der Waals surface area contributed by atoms with Gasteiger partial charge in [0.15, 0.2) is 0 Å². The van der Waals surface area contributed by atoms with Gasteiger partial charge in [-0.1, -0.05) is 6.07 Å². The van der Waals surface area contributed by atoms with Crippen LogP contribution in [0, 0.1) is 0 Å². The van der Waals surface area contributed by atoms with E-state index in [2.05, 4.69) is 5.32 Å². The minimum absolute atomic E-state index is 0.0455. The number of carbonyl (C=O) groups excluding carboxylic acids is 2. The van der Waals surface area contributed by atoms with Crippen LogP contribution < -0.4 is 5.32 Å². The van der Waals surface area contributed by atoms with Gasteiger partial charge in [0, 0.05) is 10.6 Å². The lowest BCUT2D eigenvalue weighted by Crippen LogP contribution is -2.20. The van der Waals surface area contributed by atoms with E-state index in [1.807, 2.05) is 0 Å². The van der Waals surface area contributed by atoms with Gasteiger partial charge >= 0.3 is 0 Å². The Hall–Kier alpha value is -1.33. The Morgan fingerprint density at radius 1 is 1.27 bits per heavy atom. The van der Waals surface area contributed by atoms with E-state index in [9.17, 15) is 9.59 Å². The topological polar surface area (TPSA) is 66.4 Å². The van der Waals surface area contributed by atoms with Crippen LogP contribution in [0.25, 0.3) is 0 Å². The molecule has 4 nitrogen and oxygen atoms in total. The van der Waals surface area contributed by atoms with Crippen LogP contribution in [0.15, 0.2) is 23.1 Å². The summed E-state index contributed by atoms with van der Waals surface area (Å²) in [6.45, 7) is 0.0455. The molecular formula is C10H9NO3S. The number of carbonyl (C=O) groups is 2. The molecule has 0 saturated carbocycles. The van der Waals surface area contributed by atoms with E-state index >= 15 is 0 Å². The first-order chi connectivity index (χ1) is 7.24. The van der Waals surface area contributed by atoms with Gasteiger partial charge in [-0.15, -0.1) is 11.8 Å². The van der Waals surface area contributed by atoms with Crippen molar-refractivity contribution in [3.05, 3.63) is 29.3 Å². The van der Waals surface area contributed by atoms with Crippen LogP contribution in [0.5, 0.6) is 0 Å². The second-order valence-corrected chi connectivity index (χ2v) is 4.17. The van der Waals surface area contributed by atoms with Crippen LogP contribution >= 0.6 is 11.8 Å². The van der Waals surface area contributed by atoms with Crippen molar-refractivity contribution >= 4 is 23.6 Å². The molecule has 1 aliphatic rings. The maximum Gasteiger partial charge on any atom is 0.260 e. The highest BCUT2D eigenvalue weighted by molar-refractivity contribution is 7.99. The molecule has 0 bridgehead atoms. The third-order valence-electron chi connectivity index (χ3n) is 2.07. The molecular weight excluding hydrogens is 214 g/mol. The molecule has 0 spiro atoms. The average Bonchev–Trinajstić information content (AvgIpc) is 2.53. The van der Waals surface area contributed by atoms with Crippen molar-refractivity contribution in [1.82, 2.24) is 5.32 Å². The first-order valence-corrected chi connectivity index (χ1v) is 5.45. The predicted molar refractivity (Wildman–Crippen MR) is 56.0 cm³/mol. The van der Waals surface area contributed by atoms with Gasteiger partial charge in [0.25, 0.3) is 11.8 Å². The largest absolute Gasteiger partial charge is 0.396 e. The van der Waals surface area contributed by atoms with Crippen molar-refractivity contribution in [3.63, 3.8) is 0 Å². The molecule has 1 aliphatic heterocycles. The third kappa shape index (κ3) is 1.75. The Labute approximate surface area is 90.7 Å². The number of imide groups is 1. The zero-order chi connectivity index (χ0) is 10.8. The number of hydrogen-bond acceptors (Lipinski definition) is 4. The Bertz CT molecular complexity index is 431. The number of aliphatic hydroxyl groups excluding tert-OH is 1. The van der Waals surface area contributed by atoms with Gasteiger partial charge in [0.1, 0.15) is 0 Å². The number of amides is 2. The van der Waals surface area contributed by atoms with Gasteiger partial charge < -0.3 is 5.11 Å². The lowest BCUT2D eigenvalue weighted by Gasteiger charge is -2.03. The lowest BCUT2D eigenvalue weighted by atomic mass is 10.1. The molecule has 1 aromatic carbocycles. The fraction of sp³-hybridized carbons (Fsp3) is 0.200. The molecule has 1 aromatic rings. The van der Waals surface area contributed by atoms with Crippen molar-refractivity contribution in [3.8, 4) is 0 Å². The first kappa shape index (κ1) is 10.2. The maximum atomic E-state index is 11.5. The second kappa shape index (κ2) is 4.04. The molecule has 2 rings (SSSR count). The summed E-state index contributed by atoms with van der Waals surface area (Å²) in [6.07, 6.45) is 0. The van der Waals surface area contributed by atoms with E-state index in [0.717, 1.165) is 4.90 Å². The Morgan fingerprint density at radius 3 is 2.80 bits per heavy atom. The fourth-order valence-electron chi connectivity index (χ4n) is 1.46. The van der Waals surface area contributed by atoms with Crippen molar-refractivity contribution in [1.29, 1.82) is 0 Å². The van der Waals surface area contributed by atoms with Crippen molar-refractivity contribution in [2.45, 2.75) is 4.90 Å². The summed E-state index contributed by atoms with van der Waals surface area (Å²) in [6, 6.07) is 5.13. The van der Waals surface area contributed by atoms with Crippen LogP contribution in [-0.2, 0) is 0 Å². The van der Waals surface area contributed by atoms with E-state index < -0.39 is 0 Å². The number of nitrogens with one attached hydrogen (secondary N) is 1. The van der Waals surface area contributed by atoms with E-state index in [1.165, 1.54) is 11.8 Å². The number of aliphatic hydroxyl groups is 1. The summed E-state index contributed by atoms with van der Waals surface area (Å²) < 4.78 is 0. The van der Waals surface area contributed by atoms with Gasteiger partial charge in [0.05, 0.1) is 17.7 Å². The molecule has 0 aromatic heterocycles. The summed E-state index contributed by atoms with van der Waals surface area (Å²) in [4.78, 5) is 23.5. The maximum absolute atomic E-state index is 11.5. The number of rotatable bonds is 3. The first-order valence-electron chi connectivity index (χ1n) is 4.46. The van der Waals surface area contributed by atoms with Crippen LogP contribution in [-0.4, -0.2) is 29.3 Å². The van der Waals surface area contributed by atoms with Crippen molar-refractivity contribution in [2.75, 3.05) is 12.4 Å². The summed E-state index contributed by atoms with van der Waals surface area (Å²) in [7, 11) is 0. The number of thioether (sulfide) groups is 1. The van der Waals surface area contributed by atoms with Crippen LogP contribution in [0.1, 0.15) is 20.7 Å². The molecule has 0 fully saturated rings. The quantitative estimate of drug-likeness (QED) is 0.583. The summed E-state index contributed by atoms with van der Waals surface area (Å²) >= 11 is 1.37. The summed E-state index contributed by atoms with van der Waals surface area (Å²) in [5.74, 6) is -0.185. The van der Waals surface area contributed by atoms with E-state index in [4.69, 9.17) is 5.11 Å². The molecule has 2 N–H and O–H groups in total. The van der Waals surface area contributed by atoms with Gasteiger partial charge in [-0.3, -0.25) is 14.9 Å². The minimum atomic E-state index is -0.351. The van der Waals surface area contributed by atoms with Gasteiger partial charge in [-0.2, -0.15) is 0 Å². The zero-order valence-electron chi connectivity index (χ0n) is 7.82. The number of benzene rings is 1. The fourth-order valence-corrected chi connectivity index (χ4v) is 2.30. The molecule has 0 radical (unpaired) electrons. The van der Waals surface area contributed by atoms with Crippen LogP contribution in [0.3, 0.4) is 0 Å². The second-order valence-electron chi connectivity index (χ2n) is 3.03. The molecule has 5 heteroatoms. The molecule has 0 aliphatic carbocycles. The van der Waals surface area contributed by atoms with Crippen molar-refractivity contribution < 1.29 is 14.7 Å². The zero-order valence-corrected chi connectivity index (χ0v) is 8.63. The smallest absolute Gasteiger partial charge is 0.260 e. The van der Waals surface area contributed by atoms with Gasteiger partial charge in [-0.25, -0.2) is 0 Å². The molecule has 0 unspecified atom stereocenters. The molecule has 78 valence electrons. The summed E-state index contributed by atoms with van der Waals surface area (Å²) in [5, 5.41) is 11.0. The Morgan fingerprint density at radius 2 is 2.07 bits per heavy atom. The van der Waals surface area contributed by atoms with E-state index in [0.29, 0.717) is 16.9 Å². The van der Waals surface area contributed by atoms with Crippen LogP contribution in [0.4, 0.5) is 0 Å². The Balaban J connectivity index is 2.41. The third-order valence-corrected chi connectivity index (χ3v) is 3.11. The van der Waals surface area contributed by atoms with Gasteiger partial charge in [-0.05, 0) is 12.1 Å². The van der Waals surface area contributed by atoms with E-state index in [-0.39, 0.29) is 18.4 Å². The highest BCUT2D eigenvalue weighted by Crippen LogP contribution is 2.28. The van der Waals surface area contributed by atoms with Crippen molar-refractivity contribution in [2.24, 2.45) is 0 Å². The minimum Gasteiger partial charge on any atom is -0.396 e. The highest BCUT2D eigenvalue weighted by atomic mass is 32.2. The molecule has 0 atom stereocenters. The normalized spacial score (nSPS) is 13.9. The average molecular weight is 223 g/mol. The Kier molecular flexibility index (Phi) is 2.75. The monoisotopic (exact) mass is 223 g/mol. The lowest BCUT2D eigenvalue weighted by molar-refractivity contribution is 0.0879. The molecule has 15 heavy (non-hydrogen) atoms. The van der Waals surface area contributed by atoms with E-state index in [1.54, 1.807) is 18.2 Å².